The summed E-state index contributed by atoms with van der Waals surface area (Å²) in [5.74, 6) is 1.20. The van der Waals surface area contributed by atoms with Gasteiger partial charge >= 0.3 is 0 Å². The normalized spacial score (nSPS) is 12.8. The maximum absolute atomic E-state index is 9.07. The van der Waals surface area contributed by atoms with Gasteiger partial charge in [-0.15, -0.1) is 0 Å². The van der Waals surface area contributed by atoms with Crippen LogP contribution in [-0.2, 0) is 0 Å². The Labute approximate surface area is 119 Å². The van der Waals surface area contributed by atoms with Crippen molar-refractivity contribution in [2.45, 2.75) is 26.8 Å². The molecule has 0 spiro atoms. The van der Waals surface area contributed by atoms with E-state index < -0.39 is 0 Å². The van der Waals surface area contributed by atoms with E-state index in [0.717, 1.165) is 17.7 Å². The van der Waals surface area contributed by atoms with E-state index in [0.29, 0.717) is 18.3 Å². The van der Waals surface area contributed by atoms with Crippen LogP contribution >= 0.6 is 0 Å². The molecule has 2 aromatic rings. The Morgan fingerprint density at radius 1 is 1.35 bits per heavy atom. The van der Waals surface area contributed by atoms with Crippen LogP contribution in [0.15, 0.2) is 28.8 Å². The molecule has 1 N–H and O–H groups in total. The van der Waals surface area contributed by atoms with Gasteiger partial charge in [-0.05, 0) is 26.0 Å². The Morgan fingerprint density at radius 3 is 2.75 bits per heavy atom. The van der Waals surface area contributed by atoms with Crippen LogP contribution < -0.4 is 0 Å². The molecular formula is C15H21N3O2. The lowest BCUT2D eigenvalue weighted by Gasteiger charge is -2.23. The molecule has 0 aliphatic carbocycles. The quantitative estimate of drug-likeness (QED) is 0.877. The van der Waals surface area contributed by atoms with E-state index in [2.05, 4.69) is 15.0 Å². The third kappa shape index (κ3) is 3.05. The summed E-state index contributed by atoms with van der Waals surface area (Å²) in [4.78, 5) is 6.58. The lowest BCUT2D eigenvalue weighted by molar-refractivity contribution is 0.143. The largest absolute Gasteiger partial charge is 0.395 e. The topological polar surface area (TPSA) is 62.4 Å². The smallest absolute Gasteiger partial charge is 0.244 e. The number of likely N-dealkylation sites (N-methyl/N-ethyl adjacent to an activating group) is 1. The SMILES string of the molecule is CCN(CCO)C(C)c1nc(-c2ccccc2C)no1. The zero-order valence-electron chi connectivity index (χ0n) is 12.2. The van der Waals surface area contributed by atoms with E-state index >= 15 is 0 Å². The van der Waals surface area contributed by atoms with E-state index in [1.165, 1.54) is 0 Å². The van der Waals surface area contributed by atoms with Gasteiger partial charge in [0.25, 0.3) is 0 Å². The highest BCUT2D eigenvalue weighted by Crippen LogP contribution is 2.24. The van der Waals surface area contributed by atoms with Gasteiger partial charge in [0.15, 0.2) is 0 Å². The number of hydrogen-bond acceptors (Lipinski definition) is 5. The molecule has 5 heteroatoms. The first-order chi connectivity index (χ1) is 9.67. The van der Waals surface area contributed by atoms with Crippen molar-refractivity contribution in [1.82, 2.24) is 15.0 Å². The van der Waals surface area contributed by atoms with Crippen molar-refractivity contribution in [3.05, 3.63) is 35.7 Å². The lowest BCUT2D eigenvalue weighted by atomic mass is 10.1. The third-order valence-corrected chi connectivity index (χ3v) is 3.53. The van der Waals surface area contributed by atoms with Crippen molar-refractivity contribution in [1.29, 1.82) is 0 Å². The van der Waals surface area contributed by atoms with Gasteiger partial charge in [0.1, 0.15) is 0 Å². The molecule has 0 amide bonds. The van der Waals surface area contributed by atoms with Gasteiger partial charge in [-0.2, -0.15) is 4.98 Å². The van der Waals surface area contributed by atoms with E-state index in [4.69, 9.17) is 9.63 Å². The first-order valence-electron chi connectivity index (χ1n) is 6.91. The van der Waals surface area contributed by atoms with Gasteiger partial charge in [-0.25, -0.2) is 0 Å². The third-order valence-electron chi connectivity index (χ3n) is 3.53. The highest BCUT2D eigenvalue weighted by atomic mass is 16.5. The molecule has 0 aliphatic rings. The molecule has 1 heterocycles. The summed E-state index contributed by atoms with van der Waals surface area (Å²) in [6, 6.07) is 7.96. The zero-order chi connectivity index (χ0) is 14.5. The number of nitrogens with zero attached hydrogens (tertiary/aromatic N) is 3. The van der Waals surface area contributed by atoms with E-state index in [-0.39, 0.29) is 12.6 Å². The number of aromatic nitrogens is 2. The maximum atomic E-state index is 9.07. The lowest BCUT2D eigenvalue weighted by Crippen LogP contribution is -2.29. The minimum Gasteiger partial charge on any atom is -0.395 e. The molecule has 0 aliphatic heterocycles. The fourth-order valence-corrected chi connectivity index (χ4v) is 2.25. The molecule has 0 saturated carbocycles. The molecule has 20 heavy (non-hydrogen) atoms. The number of benzene rings is 1. The molecule has 1 aromatic heterocycles. The molecule has 108 valence electrons. The molecule has 1 aromatic carbocycles. The molecule has 0 bridgehead atoms. The summed E-state index contributed by atoms with van der Waals surface area (Å²) in [6.07, 6.45) is 0. The summed E-state index contributed by atoms with van der Waals surface area (Å²) in [5.41, 5.74) is 2.11. The van der Waals surface area contributed by atoms with E-state index in [1.54, 1.807) is 0 Å². The first kappa shape index (κ1) is 14.7. The Kier molecular flexibility index (Phi) is 4.87. The van der Waals surface area contributed by atoms with Crippen LogP contribution in [0.3, 0.4) is 0 Å². The van der Waals surface area contributed by atoms with Crippen LogP contribution in [0, 0.1) is 6.92 Å². The van der Waals surface area contributed by atoms with Crippen LogP contribution in [0.1, 0.15) is 31.3 Å². The minimum absolute atomic E-state index is 0.00239. The number of aryl methyl sites for hydroxylation is 1. The molecule has 2 rings (SSSR count). The van der Waals surface area contributed by atoms with Gasteiger partial charge in [0.2, 0.25) is 11.7 Å². The highest BCUT2D eigenvalue weighted by molar-refractivity contribution is 5.58. The monoisotopic (exact) mass is 275 g/mol. The van der Waals surface area contributed by atoms with Crippen molar-refractivity contribution in [3.63, 3.8) is 0 Å². The average Bonchev–Trinajstić information content (AvgIpc) is 2.94. The van der Waals surface area contributed by atoms with Crippen molar-refractivity contribution in [2.24, 2.45) is 0 Å². The van der Waals surface area contributed by atoms with Crippen LogP contribution in [-0.4, -0.2) is 39.8 Å². The second kappa shape index (κ2) is 6.63. The van der Waals surface area contributed by atoms with Crippen LogP contribution in [0.2, 0.25) is 0 Å². The molecule has 0 saturated heterocycles. The summed E-state index contributed by atoms with van der Waals surface area (Å²) in [7, 11) is 0. The summed E-state index contributed by atoms with van der Waals surface area (Å²) >= 11 is 0. The Balaban J connectivity index is 2.22. The minimum atomic E-state index is -0.00239. The Morgan fingerprint density at radius 2 is 2.10 bits per heavy atom. The predicted octanol–water partition coefficient (Wildman–Crippen LogP) is 2.42. The molecular weight excluding hydrogens is 254 g/mol. The highest BCUT2D eigenvalue weighted by Gasteiger charge is 2.20. The van der Waals surface area contributed by atoms with Crippen LogP contribution in [0.5, 0.6) is 0 Å². The summed E-state index contributed by atoms with van der Waals surface area (Å²) < 4.78 is 5.38. The number of hydrogen-bond donors (Lipinski definition) is 1. The molecule has 0 radical (unpaired) electrons. The van der Waals surface area contributed by atoms with Crippen molar-refractivity contribution >= 4 is 0 Å². The van der Waals surface area contributed by atoms with Gasteiger partial charge in [-0.1, -0.05) is 36.3 Å². The second-order valence-corrected chi connectivity index (χ2v) is 4.80. The van der Waals surface area contributed by atoms with Crippen molar-refractivity contribution < 1.29 is 9.63 Å². The molecule has 5 nitrogen and oxygen atoms in total. The fourth-order valence-electron chi connectivity index (χ4n) is 2.25. The van der Waals surface area contributed by atoms with Gasteiger partial charge in [0.05, 0.1) is 12.6 Å². The van der Waals surface area contributed by atoms with Gasteiger partial charge in [-0.3, -0.25) is 4.90 Å². The fraction of sp³-hybridized carbons (Fsp3) is 0.467. The van der Waals surface area contributed by atoms with E-state index in [9.17, 15) is 0 Å². The van der Waals surface area contributed by atoms with Crippen molar-refractivity contribution in [3.8, 4) is 11.4 Å². The van der Waals surface area contributed by atoms with Crippen molar-refractivity contribution in [2.75, 3.05) is 19.7 Å². The number of rotatable bonds is 6. The maximum Gasteiger partial charge on any atom is 0.244 e. The average molecular weight is 275 g/mol. The van der Waals surface area contributed by atoms with Crippen LogP contribution in [0.25, 0.3) is 11.4 Å². The molecule has 1 atom stereocenters. The molecule has 1 unspecified atom stereocenters. The second-order valence-electron chi connectivity index (χ2n) is 4.80. The summed E-state index contributed by atoms with van der Waals surface area (Å²) in [5, 5.41) is 13.1. The zero-order valence-corrected chi connectivity index (χ0v) is 12.2. The van der Waals surface area contributed by atoms with Crippen LogP contribution in [0.4, 0.5) is 0 Å². The first-order valence-corrected chi connectivity index (χ1v) is 6.91. The number of aliphatic hydroxyl groups is 1. The van der Waals surface area contributed by atoms with E-state index in [1.807, 2.05) is 45.0 Å². The predicted molar refractivity (Wildman–Crippen MR) is 77.2 cm³/mol. The standard InChI is InChI=1S/C15H21N3O2/c1-4-18(9-10-19)12(3)15-16-14(17-20-15)13-8-6-5-7-11(13)2/h5-8,12,19H,4,9-10H2,1-3H3. The van der Waals surface area contributed by atoms with Gasteiger partial charge in [0, 0.05) is 12.1 Å². The number of aliphatic hydroxyl groups excluding tert-OH is 1. The summed E-state index contributed by atoms with van der Waals surface area (Å²) in [6.45, 7) is 7.62. The van der Waals surface area contributed by atoms with Gasteiger partial charge < -0.3 is 9.63 Å². The Bertz CT molecular complexity index is 554. The Hall–Kier alpha value is -1.72. The molecule has 0 fully saturated rings.